The van der Waals surface area contributed by atoms with Crippen LogP contribution in [0.2, 0.25) is 0 Å². The van der Waals surface area contributed by atoms with Crippen LogP contribution in [-0.4, -0.2) is 22.8 Å². The van der Waals surface area contributed by atoms with Crippen LogP contribution in [0.5, 0.6) is 11.5 Å². The predicted octanol–water partition coefficient (Wildman–Crippen LogP) is 5.53. The molecule has 0 spiro atoms. The molecule has 0 aliphatic carbocycles. The SMILES string of the molecule is COc1ccccc1OCc1cccc(C(=O)Nc2c(C)nn(Cc3cccc(F)c3)c2C)c1. The lowest BCUT2D eigenvalue weighted by Crippen LogP contribution is -2.14. The van der Waals surface area contributed by atoms with Crippen molar-refractivity contribution < 1.29 is 18.7 Å². The Kier molecular flexibility index (Phi) is 6.92. The van der Waals surface area contributed by atoms with Crippen molar-refractivity contribution in [3.8, 4) is 11.5 Å². The molecule has 0 aliphatic rings. The molecule has 0 atom stereocenters. The van der Waals surface area contributed by atoms with Gasteiger partial charge in [-0.05, 0) is 61.4 Å². The van der Waals surface area contributed by atoms with E-state index in [1.807, 2.05) is 56.3 Å². The van der Waals surface area contributed by atoms with E-state index >= 15 is 0 Å². The number of aryl methyl sites for hydroxylation is 1. The normalized spacial score (nSPS) is 10.7. The number of hydrogen-bond acceptors (Lipinski definition) is 4. The van der Waals surface area contributed by atoms with Gasteiger partial charge in [-0.1, -0.05) is 36.4 Å². The first-order valence-electron chi connectivity index (χ1n) is 10.9. The Balaban J connectivity index is 1.46. The number of carbonyl (C=O) groups is 1. The van der Waals surface area contributed by atoms with Crippen molar-refractivity contribution in [1.82, 2.24) is 9.78 Å². The number of anilines is 1. The van der Waals surface area contributed by atoms with Crippen molar-refractivity contribution in [1.29, 1.82) is 0 Å². The number of nitrogens with zero attached hydrogens (tertiary/aromatic N) is 2. The fraction of sp³-hybridized carbons (Fsp3) is 0.185. The third-order valence-corrected chi connectivity index (χ3v) is 5.49. The summed E-state index contributed by atoms with van der Waals surface area (Å²) in [6, 6.07) is 21.1. The lowest BCUT2D eigenvalue weighted by Gasteiger charge is -2.11. The molecule has 7 heteroatoms. The molecule has 0 saturated carbocycles. The van der Waals surface area contributed by atoms with Crippen LogP contribution in [0.3, 0.4) is 0 Å². The van der Waals surface area contributed by atoms with Crippen LogP contribution in [0.15, 0.2) is 72.8 Å². The molecule has 3 aromatic carbocycles. The summed E-state index contributed by atoms with van der Waals surface area (Å²) in [6.07, 6.45) is 0. The molecule has 6 nitrogen and oxygen atoms in total. The standard InChI is InChI=1S/C27H26FN3O3/c1-18-26(19(2)31(30-18)16-20-8-7-11-23(28)15-20)29-27(32)22-10-6-9-21(14-22)17-34-25-13-5-4-12-24(25)33-3/h4-15H,16-17H2,1-3H3,(H,29,32). The van der Waals surface area contributed by atoms with Gasteiger partial charge in [-0.25, -0.2) is 4.39 Å². The van der Waals surface area contributed by atoms with E-state index < -0.39 is 0 Å². The lowest BCUT2D eigenvalue weighted by atomic mass is 10.1. The van der Waals surface area contributed by atoms with Gasteiger partial charge in [-0.3, -0.25) is 9.48 Å². The van der Waals surface area contributed by atoms with Gasteiger partial charge in [-0.15, -0.1) is 0 Å². The zero-order chi connectivity index (χ0) is 24.1. The number of halogens is 1. The Morgan fingerprint density at radius 1 is 0.971 bits per heavy atom. The predicted molar refractivity (Wildman–Crippen MR) is 129 cm³/mol. The van der Waals surface area contributed by atoms with E-state index in [0.717, 1.165) is 16.8 Å². The molecular formula is C27H26FN3O3. The van der Waals surface area contributed by atoms with Crippen LogP contribution < -0.4 is 14.8 Å². The third kappa shape index (κ3) is 5.26. The zero-order valence-electron chi connectivity index (χ0n) is 19.3. The Bertz CT molecular complexity index is 1320. The number of benzene rings is 3. The summed E-state index contributed by atoms with van der Waals surface area (Å²) in [5.74, 6) is 0.757. The first-order chi connectivity index (χ1) is 16.4. The highest BCUT2D eigenvalue weighted by molar-refractivity contribution is 6.05. The van der Waals surface area contributed by atoms with Crippen molar-refractivity contribution >= 4 is 11.6 Å². The Morgan fingerprint density at radius 3 is 2.47 bits per heavy atom. The highest BCUT2D eigenvalue weighted by Crippen LogP contribution is 2.27. The number of nitrogens with one attached hydrogen (secondary N) is 1. The van der Waals surface area contributed by atoms with Crippen LogP contribution in [0.4, 0.5) is 10.1 Å². The van der Waals surface area contributed by atoms with Crippen LogP contribution in [-0.2, 0) is 13.2 Å². The number of carbonyl (C=O) groups excluding carboxylic acids is 1. The molecule has 1 amide bonds. The van der Waals surface area contributed by atoms with E-state index in [4.69, 9.17) is 9.47 Å². The van der Waals surface area contributed by atoms with E-state index in [2.05, 4.69) is 10.4 Å². The van der Waals surface area contributed by atoms with Crippen LogP contribution in [0.25, 0.3) is 0 Å². The van der Waals surface area contributed by atoms with Gasteiger partial charge < -0.3 is 14.8 Å². The Hall–Kier alpha value is -4.13. The van der Waals surface area contributed by atoms with E-state index in [0.29, 0.717) is 41.6 Å². The fourth-order valence-electron chi connectivity index (χ4n) is 3.73. The second kappa shape index (κ2) is 10.2. The molecule has 0 unspecified atom stereocenters. The summed E-state index contributed by atoms with van der Waals surface area (Å²) in [5, 5.41) is 7.50. The molecular weight excluding hydrogens is 433 g/mol. The molecule has 1 N–H and O–H groups in total. The second-order valence-corrected chi connectivity index (χ2v) is 7.93. The number of ether oxygens (including phenoxy) is 2. The van der Waals surface area contributed by atoms with Crippen molar-refractivity contribution in [2.75, 3.05) is 12.4 Å². The third-order valence-electron chi connectivity index (χ3n) is 5.49. The molecule has 0 radical (unpaired) electrons. The van der Waals surface area contributed by atoms with Crippen LogP contribution in [0.1, 0.15) is 32.9 Å². The van der Waals surface area contributed by atoms with Gasteiger partial charge in [0, 0.05) is 5.56 Å². The number of hydrogen-bond donors (Lipinski definition) is 1. The topological polar surface area (TPSA) is 65.4 Å². The van der Waals surface area contributed by atoms with Gasteiger partial charge in [-0.2, -0.15) is 5.10 Å². The number of amides is 1. The summed E-state index contributed by atoms with van der Waals surface area (Å²) < 4.78 is 26.5. The summed E-state index contributed by atoms with van der Waals surface area (Å²) in [7, 11) is 1.59. The maximum Gasteiger partial charge on any atom is 0.255 e. The van der Waals surface area contributed by atoms with E-state index in [1.165, 1.54) is 12.1 Å². The molecule has 0 aliphatic heterocycles. The molecule has 1 heterocycles. The number of methoxy groups -OCH3 is 1. The summed E-state index contributed by atoms with van der Waals surface area (Å²) in [5.41, 5.74) is 4.30. The van der Waals surface area contributed by atoms with Gasteiger partial charge in [0.25, 0.3) is 5.91 Å². The Labute approximate surface area is 198 Å². The van der Waals surface area contributed by atoms with Crippen molar-refractivity contribution in [2.24, 2.45) is 0 Å². The first-order valence-corrected chi connectivity index (χ1v) is 10.9. The number of rotatable bonds is 8. The number of aromatic nitrogens is 2. The quantitative estimate of drug-likeness (QED) is 0.376. The minimum absolute atomic E-state index is 0.240. The summed E-state index contributed by atoms with van der Waals surface area (Å²) in [4.78, 5) is 13.0. The summed E-state index contributed by atoms with van der Waals surface area (Å²) in [6.45, 7) is 4.43. The van der Waals surface area contributed by atoms with Gasteiger partial charge in [0.1, 0.15) is 12.4 Å². The first kappa shape index (κ1) is 23.0. The minimum Gasteiger partial charge on any atom is -0.493 e. The van der Waals surface area contributed by atoms with Gasteiger partial charge in [0.15, 0.2) is 11.5 Å². The molecule has 4 rings (SSSR count). The largest absolute Gasteiger partial charge is 0.493 e. The summed E-state index contributed by atoms with van der Waals surface area (Å²) >= 11 is 0. The second-order valence-electron chi connectivity index (χ2n) is 7.93. The molecule has 1 aromatic heterocycles. The van der Waals surface area contributed by atoms with Gasteiger partial charge in [0.05, 0.1) is 30.7 Å². The molecule has 0 saturated heterocycles. The van der Waals surface area contributed by atoms with E-state index in [-0.39, 0.29) is 11.7 Å². The smallest absolute Gasteiger partial charge is 0.255 e. The van der Waals surface area contributed by atoms with Gasteiger partial charge in [0.2, 0.25) is 0 Å². The Morgan fingerprint density at radius 2 is 1.71 bits per heavy atom. The number of para-hydroxylation sites is 2. The molecule has 4 aromatic rings. The molecule has 0 bridgehead atoms. The van der Waals surface area contributed by atoms with Crippen molar-refractivity contribution in [3.63, 3.8) is 0 Å². The lowest BCUT2D eigenvalue weighted by molar-refractivity contribution is 0.102. The minimum atomic E-state index is -0.290. The van der Waals surface area contributed by atoms with Crippen LogP contribution in [0, 0.1) is 19.7 Å². The van der Waals surface area contributed by atoms with Crippen LogP contribution >= 0.6 is 0 Å². The monoisotopic (exact) mass is 459 g/mol. The van der Waals surface area contributed by atoms with Crippen molar-refractivity contribution in [2.45, 2.75) is 27.0 Å². The average Bonchev–Trinajstić information content (AvgIpc) is 3.10. The van der Waals surface area contributed by atoms with E-state index in [9.17, 15) is 9.18 Å². The fourth-order valence-corrected chi connectivity index (χ4v) is 3.73. The maximum atomic E-state index is 13.5. The highest BCUT2D eigenvalue weighted by Gasteiger charge is 2.16. The van der Waals surface area contributed by atoms with Crippen molar-refractivity contribution in [3.05, 3.63) is 107 Å². The maximum absolute atomic E-state index is 13.5. The highest BCUT2D eigenvalue weighted by atomic mass is 19.1. The molecule has 34 heavy (non-hydrogen) atoms. The average molecular weight is 460 g/mol. The molecule has 174 valence electrons. The zero-order valence-corrected chi connectivity index (χ0v) is 19.3. The van der Waals surface area contributed by atoms with Gasteiger partial charge >= 0.3 is 0 Å². The molecule has 0 fully saturated rings. The van der Waals surface area contributed by atoms with E-state index in [1.54, 1.807) is 30.0 Å².